The van der Waals surface area contributed by atoms with Crippen LogP contribution in [-0.2, 0) is 5.41 Å². The first-order valence-corrected chi connectivity index (χ1v) is 19.3. The van der Waals surface area contributed by atoms with Gasteiger partial charge >= 0.3 is 0 Å². The van der Waals surface area contributed by atoms with Gasteiger partial charge in [-0.15, -0.1) is 0 Å². The monoisotopic (exact) mass is 728 g/mol. The van der Waals surface area contributed by atoms with Crippen molar-refractivity contribution in [3.8, 4) is 67.7 Å². The number of para-hydroxylation sites is 4. The van der Waals surface area contributed by atoms with Gasteiger partial charge in [0.1, 0.15) is 22.7 Å². The van der Waals surface area contributed by atoms with Gasteiger partial charge in [0.05, 0.1) is 16.8 Å². The van der Waals surface area contributed by atoms with Gasteiger partial charge in [-0.25, -0.2) is 9.97 Å². The molecule has 0 bridgehead atoms. The number of benzene rings is 8. The highest BCUT2D eigenvalue weighted by Gasteiger charge is 2.51. The minimum Gasteiger partial charge on any atom is -0.456 e. The van der Waals surface area contributed by atoms with Crippen molar-refractivity contribution >= 4 is 21.9 Å². The minimum absolute atomic E-state index is 0.537. The predicted octanol–water partition coefficient (Wildman–Crippen LogP) is 13.5. The molecule has 0 atom stereocenters. The van der Waals surface area contributed by atoms with Crippen molar-refractivity contribution in [1.29, 1.82) is 0 Å². The molecule has 10 aromatic rings. The lowest BCUT2D eigenvalue weighted by Gasteiger charge is -2.40. The predicted molar refractivity (Wildman–Crippen MR) is 228 cm³/mol. The Hall–Kier alpha value is -7.56. The Kier molecular flexibility index (Phi) is 6.81. The molecule has 0 saturated heterocycles. The number of aromatic nitrogens is 2. The van der Waals surface area contributed by atoms with Crippen molar-refractivity contribution < 1.29 is 9.15 Å². The molecule has 0 radical (unpaired) electrons. The number of rotatable bonds is 4. The summed E-state index contributed by atoms with van der Waals surface area (Å²) in [4.78, 5) is 10.5. The van der Waals surface area contributed by atoms with Crippen LogP contribution in [0.1, 0.15) is 22.3 Å². The quantitative estimate of drug-likeness (QED) is 0.181. The number of hydrogen-bond acceptors (Lipinski definition) is 4. The zero-order valence-corrected chi connectivity index (χ0v) is 30.7. The molecule has 0 fully saturated rings. The Balaban J connectivity index is 1.06. The first-order valence-electron chi connectivity index (χ1n) is 19.3. The highest BCUT2D eigenvalue weighted by Crippen LogP contribution is 2.63. The van der Waals surface area contributed by atoms with Crippen molar-refractivity contribution in [2.45, 2.75) is 5.41 Å². The summed E-state index contributed by atoms with van der Waals surface area (Å²) < 4.78 is 13.5. The maximum Gasteiger partial charge on any atom is 0.160 e. The molecule has 4 nitrogen and oxygen atoms in total. The maximum atomic E-state index is 7.00. The molecule has 12 rings (SSSR count). The highest BCUT2D eigenvalue weighted by molar-refractivity contribution is 6.09. The van der Waals surface area contributed by atoms with Gasteiger partial charge in [0.15, 0.2) is 5.82 Å². The summed E-state index contributed by atoms with van der Waals surface area (Å²) in [6.07, 6.45) is 0. The fraction of sp³-hybridized carbons (Fsp3) is 0.0189. The third-order valence-corrected chi connectivity index (χ3v) is 11.8. The zero-order valence-electron chi connectivity index (χ0n) is 30.7. The van der Waals surface area contributed by atoms with Crippen molar-refractivity contribution in [2.75, 3.05) is 0 Å². The first kappa shape index (κ1) is 31.8. The van der Waals surface area contributed by atoms with Gasteiger partial charge in [-0.3, -0.25) is 0 Å². The number of hydrogen-bond donors (Lipinski definition) is 0. The van der Waals surface area contributed by atoms with E-state index in [1.807, 2.05) is 36.4 Å². The molecular weight excluding hydrogens is 697 g/mol. The molecular formula is C53H32N2O2. The maximum absolute atomic E-state index is 7.00. The van der Waals surface area contributed by atoms with Gasteiger partial charge in [-0.1, -0.05) is 164 Å². The summed E-state index contributed by atoms with van der Waals surface area (Å²) in [7, 11) is 0. The highest BCUT2D eigenvalue weighted by atomic mass is 16.5. The van der Waals surface area contributed by atoms with Gasteiger partial charge in [-0.05, 0) is 58.1 Å². The van der Waals surface area contributed by atoms with Crippen LogP contribution >= 0.6 is 0 Å². The lowest BCUT2D eigenvalue weighted by atomic mass is 9.65. The van der Waals surface area contributed by atoms with E-state index in [0.717, 1.165) is 83.8 Å². The third kappa shape index (κ3) is 4.62. The molecule has 0 N–H and O–H groups in total. The van der Waals surface area contributed by atoms with Gasteiger partial charge in [0.2, 0.25) is 0 Å². The molecule has 57 heavy (non-hydrogen) atoms. The standard InChI is InChI=1S/C53H32N2O2/c1-2-15-33(16-3-1)46-32-47(41-24-13-23-40-39-21-6-10-29-48(39)56-50(40)41)55-52(54-46)35-18-12-17-34(31-35)36-22-14-28-45-51(36)57-49-30-11-9-27-44(49)53(45)42-25-7-4-19-37(42)38-20-5-8-26-43(38)53/h1-32H. The van der Waals surface area contributed by atoms with Crippen molar-refractivity contribution in [1.82, 2.24) is 9.97 Å². The van der Waals surface area contributed by atoms with Crippen LogP contribution in [0.3, 0.4) is 0 Å². The van der Waals surface area contributed by atoms with E-state index in [0.29, 0.717) is 5.82 Å². The van der Waals surface area contributed by atoms with Gasteiger partial charge < -0.3 is 9.15 Å². The molecule has 266 valence electrons. The van der Waals surface area contributed by atoms with E-state index >= 15 is 0 Å². The second kappa shape index (κ2) is 12.2. The van der Waals surface area contributed by atoms with E-state index in [2.05, 4.69) is 158 Å². The third-order valence-electron chi connectivity index (χ3n) is 11.8. The molecule has 2 aliphatic rings. The average Bonchev–Trinajstić information content (AvgIpc) is 3.81. The summed E-state index contributed by atoms with van der Waals surface area (Å²) >= 11 is 0. The van der Waals surface area contributed by atoms with E-state index in [-0.39, 0.29) is 0 Å². The van der Waals surface area contributed by atoms with Crippen LogP contribution < -0.4 is 4.74 Å². The van der Waals surface area contributed by atoms with Crippen LogP contribution in [0.15, 0.2) is 199 Å². The van der Waals surface area contributed by atoms with E-state index in [1.165, 1.54) is 22.3 Å². The Morgan fingerprint density at radius 3 is 1.81 bits per heavy atom. The van der Waals surface area contributed by atoms with Crippen LogP contribution in [0, 0.1) is 0 Å². The molecule has 0 saturated carbocycles. The van der Waals surface area contributed by atoms with E-state index < -0.39 is 5.41 Å². The second-order valence-corrected chi connectivity index (χ2v) is 14.8. The molecule has 1 aliphatic carbocycles. The Labute approximate surface area is 329 Å². The summed E-state index contributed by atoms with van der Waals surface area (Å²) in [5.74, 6) is 2.35. The summed E-state index contributed by atoms with van der Waals surface area (Å²) in [5, 5.41) is 2.15. The van der Waals surface area contributed by atoms with Crippen LogP contribution in [0.5, 0.6) is 11.5 Å². The molecule has 2 aromatic heterocycles. The van der Waals surface area contributed by atoms with Crippen LogP contribution in [0.25, 0.3) is 78.1 Å². The molecule has 1 aliphatic heterocycles. The Morgan fingerprint density at radius 2 is 0.965 bits per heavy atom. The lowest BCUT2D eigenvalue weighted by molar-refractivity contribution is 0.438. The van der Waals surface area contributed by atoms with Crippen molar-refractivity contribution in [3.63, 3.8) is 0 Å². The largest absolute Gasteiger partial charge is 0.456 e. The molecule has 1 spiro atoms. The summed E-state index contributed by atoms with van der Waals surface area (Å²) in [6.45, 7) is 0. The fourth-order valence-electron chi connectivity index (χ4n) is 9.35. The lowest BCUT2D eigenvalue weighted by Crippen LogP contribution is -2.32. The van der Waals surface area contributed by atoms with Crippen LogP contribution in [0.4, 0.5) is 0 Å². The average molecular weight is 729 g/mol. The molecule has 3 heterocycles. The topological polar surface area (TPSA) is 48.2 Å². The summed E-state index contributed by atoms with van der Waals surface area (Å²) in [5.41, 5.74) is 15.0. The van der Waals surface area contributed by atoms with Gasteiger partial charge in [0, 0.05) is 44.2 Å². The fourth-order valence-corrected chi connectivity index (χ4v) is 9.35. The summed E-state index contributed by atoms with van der Waals surface area (Å²) in [6, 6.07) is 68.1. The van der Waals surface area contributed by atoms with E-state index in [9.17, 15) is 0 Å². The smallest absolute Gasteiger partial charge is 0.160 e. The Morgan fingerprint density at radius 1 is 0.386 bits per heavy atom. The number of furan rings is 1. The van der Waals surface area contributed by atoms with Crippen LogP contribution in [0.2, 0.25) is 0 Å². The van der Waals surface area contributed by atoms with E-state index in [4.69, 9.17) is 19.1 Å². The molecule has 0 unspecified atom stereocenters. The molecule has 4 heteroatoms. The minimum atomic E-state index is -0.537. The molecule has 8 aromatic carbocycles. The van der Waals surface area contributed by atoms with E-state index in [1.54, 1.807) is 0 Å². The number of nitrogens with zero attached hydrogens (tertiary/aromatic N) is 2. The SMILES string of the molecule is c1ccc(-c2cc(-c3cccc4c3oc3ccccc34)nc(-c3cccc(-c4cccc5c4Oc4ccccc4C54c5ccccc5-c5ccccc54)c3)n2)cc1. The van der Waals surface area contributed by atoms with Gasteiger partial charge in [0.25, 0.3) is 0 Å². The number of ether oxygens (including phenoxy) is 1. The van der Waals surface area contributed by atoms with Crippen LogP contribution in [-0.4, -0.2) is 9.97 Å². The second-order valence-electron chi connectivity index (χ2n) is 14.8. The zero-order chi connectivity index (χ0) is 37.5. The van der Waals surface area contributed by atoms with Crippen molar-refractivity contribution in [2.24, 2.45) is 0 Å². The first-order chi connectivity index (χ1) is 28.3. The van der Waals surface area contributed by atoms with Crippen molar-refractivity contribution in [3.05, 3.63) is 216 Å². The molecule has 0 amide bonds. The van der Waals surface area contributed by atoms with Gasteiger partial charge in [-0.2, -0.15) is 0 Å². The number of fused-ring (bicyclic) bond motifs is 12. The Bertz CT molecular complexity index is 3190. The normalized spacial score (nSPS) is 13.2.